The van der Waals surface area contributed by atoms with Crippen molar-refractivity contribution < 1.29 is 14.4 Å². The van der Waals surface area contributed by atoms with E-state index in [0.29, 0.717) is 12.3 Å². The van der Waals surface area contributed by atoms with E-state index in [4.69, 9.17) is 10.9 Å². The molecule has 0 saturated carbocycles. The van der Waals surface area contributed by atoms with Crippen LogP contribution in [0.25, 0.3) is 0 Å². The molecule has 6 nitrogen and oxygen atoms in total. The van der Waals surface area contributed by atoms with Crippen LogP contribution in [0.4, 0.5) is 10.6 Å². The van der Waals surface area contributed by atoms with Gasteiger partial charge in [-0.15, -0.1) is 13.0 Å². The number of rotatable bonds is 4. The van der Waals surface area contributed by atoms with Gasteiger partial charge in [0.2, 0.25) is 0 Å². The number of amides is 2. The second-order valence-electron chi connectivity index (χ2n) is 5.57. The predicted octanol–water partition coefficient (Wildman–Crippen LogP) is 1.72. The molecule has 2 heterocycles. The van der Waals surface area contributed by atoms with Gasteiger partial charge in [-0.05, 0) is 20.8 Å². The van der Waals surface area contributed by atoms with Crippen molar-refractivity contribution in [3.05, 3.63) is 24.5 Å². The average molecular weight is 289 g/mol. The molecule has 0 spiro atoms. The summed E-state index contributed by atoms with van der Waals surface area (Å²) in [5, 5.41) is 14.1. The van der Waals surface area contributed by atoms with E-state index < -0.39 is 11.6 Å². The first-order valence-electron chi connectivity index (χ1n) is 6.67. The number of hydrogen-bond acceptors (Lipinski definition) is 4. The second kappa shape index (κ2) is 5.26. The lowest BCUT2D eigenvalue weighted by atomic mass is 9.92. The maximum atomic E-state index is 12.4. The third kappa shape index (κ3) is 2.41. The molecule has 2 unspecified atom stereocenters. The van der Waals surface area contributed by atoms with Gasteiger partial charge in [-0.2, -0.15) is 0 Å². The van der Waals surface area contributed by atoms with Gasteiger partial charge in [-0.1, -0.05) is 17.2 Å². The van der Waals surface area contributed by atoms with Crippen molar-refractivity contribution in [2.75, 3.05) is 11.4 Å². The van der Waals surface area contributed by atoms with Crippen LogP contribution in [0.15, 0.2) is 23.2 Å². The normalized spacial score (nSPS) is 22.5. The van der Waals surface area contributed by atoms with Crippen molar-refractivity contribution >= 4 is 11.8 Å². The maximum Gasteiger partial charge on any atom is 0.328 e. The highest BCUT2D eigenvalue weighted by Crippen LogP contribution is 2.31. The summed E-state index contributed by atoms with van der Waals surface area (Å²) in [6.07, 6.45) is 6.07. The van der Waals surface area contributed by atoms with Gasteiger partial charge < -0.3 is 14.5 Å². The zero-order valence-electron chi connectivity index (χ0n) is 12.4. The van der Waals surface area contributed by atoms with Gasteiger partial charge in [0, 0.05) is 12.6 Å². The van der Waals surface area contributed by atoms with Gasteiger partial charge in [0.1, 0.15) is 0 Å². The van der Waals surface area contributed by atoms with E-state index in [-0.39, 0.29) is 17.9 Å². The molecule has 1 aromatic rings. The summed E-state index contributed by atoms with van der Waals surface area (Å²) < 4.78 is 5.22. The summed E-state index contributed by atoms with van der Waals surface area (Å²) in [7, 11) is 0. The fourth-order valence-electron chi connectivity index (χ4n) is 2.16. The van der Waals surface area contributed by atoms with E-state index in [0.717, 1.165) is 0 Å². The molecule has 21 heavy (non-hydrogen) atoms. The fraction of sp³-hybridized carbons (Fsp3) is 0.467. The Balaban J connectivity index is 2.33. The van der Waals surface area contributed by atoms with Gasteiger partial charge in [-0.25, -0.2) is 9.69 Å². The van der Waals surface area contributed by atoms with E-state index >= 15 is 0 Å². The first kappa shape index (κ1) is 15.1. The molecule has 1 aliphatic rings. The van der Waals surface area contributed by atoms with Crippen molar-refractivity contribution in [2.24, 2.45) is 0 Å². The molecule has 2 atom stereocenters. The number of carbonyl (C=O) groups is 1. The molecular formula is C15H19N3O3. The van der Waals surface area contributed by atoms with Crippen molar-refractivity contribution in [3.8, 4) is 12.3 Å². The Morgan fingerprint density at radius 2 is 2.33 bits per heavy atom. The van der Waals surface area contributed by atoms with Crippen LogP contribution in [0.1, 0.15) is 26.5 Å². The minimum atomic E-state index is -0.996. The Morgan fingerprint density at radius 3 is 2.90 bits per heavy atom. The zero-order valence-corrected chi connectivity index (χ0v) is 12.4. The Morgan fingerprint density at radius 1 is 1.67 bits per heavy atom. The van der Waals surface area contributed by atoms with Gasteiger partial charge in [-0.3, -0.25) is 0 Å². The predicted molar refractivity (Wildman–Crippen MR) is 78.6 cm³/mol. The van der Waals surface area contributed by atoms with Crippen molar-refractivity contribution in [1.82, 2.24) is 10.1 Å². The highest BCUT2D eigenvalue weighted by Gasteiger charge is 2.44. The number of aromatic nitrogens is 1. The summed E-state index contributed by atoms with van der Waals surface area (Å²) in [5.74, 6) is 3.32. The molecule has 112 valence electrons. The summed E-state index contributed by atoms with van der Waals surface area (Å²) in [5.41, 5.74) is -0.634. The molecule has 0 aromatic carbocycles. The number of nitrogens with zero attached hydrogens (tertiary/aromatic N) is 3. The molecule has 0 bridgehead atoms. The van der Waals surface area contributed by atoms with E-state index in [1.165, 1.54) is 9.80 Å². The van der Waals surface area contributed by atoms with Crippen molar-refractivity contribution in [1.29, 1.82) is 0 Å². The minimum absolute atomic E-state index is 0.254. The standard InChI is InChI=1S/C15H19N3O3/c1-6-8-17-10(3)13(19)18(14(17)20)12-9-11(21-16-12)15(4,5)7-2/h2,6,9-10,13,19H,1,8H2,3-5H3. The van der Waals surface area contributed by atoms with Crippen LogP contribution < -0.4 is 4.90 Å². The van der Waals surface area contributed by atoms with Gasteiger partial charge >= 0.3 is 6.03 Å². The first-order chi connectivity index (χ1) is 9.83. The number of aliphatic hydroxyl groups is 1. The molecular weight excluding hydrogens is 270 g/mol. The Labute approximate surface area is 124 Å². The van der Waals surface area contributed by atoms with Crippen LogP contribution in [0.2, 0.25) is 0 Å². The highest BCUT2D eigenvalue weighted by molar-refractivity contribution is 5.94. The Kier molecular flexibility index (Phi) is 3.79. The number of aliphatic hydroxyl groups excluding tert-OH is 1. The lowest BCUT2D eigenvalue weighted by Crippen LogP contribution is -2.35. The molecule has 2 rings (SSSR count). The molecule has 0 radical (unpaired) electrons. The molecule has 2 amide bonds. The minimum Gasteiger partial charge on any atom is -0.371 e. The first-order valence-corrected chi connectivity index (χ1v) is 6.67. The highest BCUT2D eigenvalue weighted by atomic mass is 16.5. The number of urea groups is 1. The van der Waals surface area contributed by atoms with Crippen LogP contribution in [0.5, 0.6) is 0 Å². The van der Waals surface area contributed by atoms with Crippen molar-refractivity contribution in [2.45, 2.75) is 38.5 Å². The van der Waals surface area contributed by atoms with Gasteiger partial charge in [0.15, 0.2) is 17.8 Å². The third-order valence-corrected chi connectivity index (χ3v) is 3.69. The lowest BCUT2D eigenvalue weighted by Gasteiger charge is -2.18. The lowest BCUT2D eigenvalue weighted by molar-refractivity contribution is 0.132. The number of carbonyl (C=O) groups excluding carboxylic acids is 1. The van der Waals surface area contributed by atoms with E-state index in [9.17, 15) is 9.90 Å². The van der Waals surface area contributed by atoms with Gasteiger partial charge in [0.25, 0.3) is 0 Å². The van der Waals surface area contributed by atoms with Crippen molar-refractivity contribution in [3.63, 3.8) is 0 Å². The monoisotopic (exact) mass is 289 g/mol. The van der Waals surface area contributed by atoms with E-state index in [1.54, 1.807) is 19.1 Å². The van der Waals surface area contributed by atoms with Crippen LogP contribution in [-0.4, -0.2) is 40.0 Å². The summed E-state index contributed by atoms with van der Waals surface area (Å²) in [6.45, 7) is 9.35. The molecule has 1 N–H and O–H groups in total. The third-order valence-electron chi connectivity index (χ3n) is 3.69. The zero-order chi connectivity index (χ0) is 15.8. The quantitative estimate of drug-likeness (QED) is 0.677. The smallest absolute Gasteiger partial charge is 0.328 e. The largest absolute Gasteiger partial charge is 0.371 e. The van der Waals surface area contributed by atoms with Gasteiger partial charge in [0.05, 0.1) is 11.5 Å². The topological polar surface area (TPSA) is 69.8 Å². The van der Waals surface area contributed by atoms with E-state index in [1.807, 2.05) is 13.8 Å². The fourth-order valence-corrected chi connectivity index (χ4v) is 2.16. The number of anilines is 1. The molecule has 1 aliphatic heterocycles. The summed E-state index contributed by atoms with van der Waals surface area (Å²) >= 11 is 0. The van der Waals surface area contributed by atoms with E-state index in [2.05, 4.69) is 17.7 Å². The maximum absolute atomic E-state index is 12.4. The Bertz CT molecular complexity index is 600. The molecule has 1 aromatic heterocycles. The average Bonchev–Trinajstić information content (AvgIpc) is 3.00. The van der Waals surface area contributed by atoms with Crippen LogP contribution in [0, 0.1) is 12.3 Å². The number of hydrogen-bond donors (Lipinski definition) is 1. The number of terminal acetylenes is 1. The van der Waals surface area contributed by atoms with Crippen LogP contribution in [0.3, 0.4) is 0 Å². The SMILES string of the molecule is C#CC(C)(C)c1cc(N2C(=O)N(CC=C)C(C)C2O)no1. The molecule has 6 heteroatoms. The molecule has 1 fully saturated rings. The molecule has 1 saturated heterocycles. The summed E-state index contributed by atoms with van der Waals surface area (Å²) in [4.78, 5) is 15.1. The molecule has 0 aliphatic carbocycles. The summed E-state index contributed by atoms with van der Waals surface area (Å²) in [6, 6.07) is 0.884. The van der Waals surface area contributed by atoms with Crippen LogP contribution in [-0.2, 0) is 5.41 Å². The second-order valence-corrected chi connectivity index (χ2v) is 5.57. The van der Waals surface area contributed by atoms with Crippen LogP contribution >= 0.6 is 0 Å². The Hall–Kier alpha value is -2.26.